The van der Waals surface area contributed by atoms with Gasteiger partial charge >= 0.3 is 6.03 Å². The second kappa shape index (κ2) is 6.44. The molecule has 1 aliphatic rings. The molecule has 0 atom stereocenters. The van der Waals surface area contributed by atoms with E-state index in [-0.39, 0.29) is 35.7 Å². The molecule has 130 valence electrons. The summed E-state index contributed by atoms with van der Waals surface area (Å²) >= 11 is 0. The van der Waals surface area contributed by atoms with E-state index in [4.69, 9.17) is 0 Å². The highest BCUT2D eigenvalue weighted by Crippen LogP contribution is 2.42. The molecule has 0 aliphatic heterocycles. The van der Waals surface area contributed by atoms with Crippen molar-refractivity contribution in [3.05, 3.63) is 83.4 Å². The number of phenols is 2. The first kappa shape index (κ1) is 16.0. The van der Waals surface area contributed by atoms with Crippen molar-refractivity contribution in [1.82, 2.24) is 10.6 Å². The van der Waals surface area contributed by atoms with Gasteiger partial charge in [-0.15, -0.1) is 0 Å². The Kier molecular flexibility index (Phi) is 3.97. The van der Waals surface area contributed by atoms with Gasteiger partial charge in [0.05, 0.1) is 18.2 Å². The average Bonchev–Trinajstić information content (AvgIpc) is 2.96. The van der Waals surface area contributed by atoms with Gasteiger partial charge in [-0.05, 0) is 34.4 Å². The van der Waals surface area contributed by atoms with Crippen LogP contribution in [0.2, 0.25) is 0 Å². The number of carbonyl (C=O) groups is 1. The normalized spacial score (nSPS) is 12.3. The van der Waals surface area contributed by atoms with E-state index in [1.54, 1.807) is 6.07 Å². The molecule has 0 saturated carbocycles. The SMILES string of the molecule is O=C(NCc1c(O)cccc1O)NC1c2ccccc2-c2ccccc21. The van der Waals surface area contributed by atoms with Crippen LogP contribution in [0.5, 0.6) is 11.5 Å². The number of benzene rings is 3. The molecule has 3 aromatic rings. The number of phenolic OH excluding ortho intramolecular Hbond substituents is 2. The molecule has 0 unspecified atom stereocenters. The summed E-state index contributed by atoms with van der Waals surface area (Å²) < 4.78 is 0. The van der Waals surface area contributed by atoms with Crippen LogP contribution >= 0.6 is 0 Å². The lowest BCUT2D eigenvalue weighted by Gasteiger charge is -2.17. The molecule has 4 N–H and O–H groups in total. The van der Waals surface area contributed by atoms with Crippen LogP contribution in [0.25, 0.3) is 11.1 Å². The number of rotatable bonds is 3. The summed E-state index contributed by atoms with van der Waals surface area (Å²) in [6.07, 6.45) is 0. The minimum Gasteiger partial charge on any atom is -0.507 e. The van der Waals surface area contributed by atoms with Crippen molar-refractivity contribution in [1.29, 1.82) is 0 Å². The molecule has 4 rings (SSSR count). The molecule has 26 heavy (non-hydrogen) atoms. The topological polar surface area (TPSA) is 81.6 Å². The molecule has 0 heterocycles. The molecule has 5 nitrogen and oxygen atoms in total. The fourth-order valence-electron chi connectivity index (χ4n) is 3.41. The zero-order valence-corrected chi connectivity index (χ0v) is 13.9. The van der Waals surface area contributed by atoms with Crippen LogP contribution in [0.3, 0.4) is 0 Å². The molecule has 0 aromatic heterocycles. The van der Waals surface area contributed by atoms with Crippen molar-refractivity contribution in [2.45, 2.75) is 12.6 Å². The Morgan fingerprint density at radius 1 is 0.808 bits per heavy atom. The third-order valence-corrected chi connectivity index (χ3v) is 4.66. The highest BCUT2D eigenvalue weighted by Gasteiger charge is 2.29. The smallest absolute Gasteiger partial charge is 0.315 e. The summed E-state index contributed by atoms with van der Waals surface area (Å²) in [7, 11) is 0. The molecule has 0 radical (unpaired) electrons. The summed E-state index contributed by atoms with van der Waals surface area (Å²) in [5.41, 5.74) is 4.62. The first-order valence-corrected chi connectivity index (χ1v) is 8.37. The van der Waals surface area contributed by atoms with E-state index in [9.17, 15) is 15.0 Å². The summed E-state index contributed by atoms with van der Waals surface area (Å²) in [6.45, 7) is 0.0281. The minimum atomic E-state index is -0.371. The van der Waals surface area contributed by atoms with Crippen molar-refractivity contribution >= 4 is 6.03 Å². The lowest BCUT2D eigenvalue weighted by molar-refractivity contribution is 0.238. The van der Waals surface area contributed by atoms with E-state index < -0.39 is 0 Å². The van der Waals surface area contributed by atoms with Crippen molar-refractivity contribution in [2.75, 3.05) is 0 Å². The van der Waals surface area contributed by atoms with Gasteiger partial charge in [-0.1, -0.05) is 54.6 Å². The molecule has 2 amide bonds. The van der Waals surface area contributed by atoms with E-state index >= 15 is 0 Å². The highest BCUT2D eigenvalue weighted by molar-refractivity contribution is 5.82. The second-order valence-electron chi connectivity index (χ2n) is 6.21. The van der Waals surface area contributed by atoms with Crippen LogP contribution in [0.15, 0.2) is 66.7 Å². The zero-order chi connectivity index (χ0) is 18.1. The van der Waals surface area contributed by atoms with Crippen LogP contribution in [0.4, 0.5) is 4.79 Å². The highest BCUT2D eigenvalue weighted by atomic mass is 16.3. The van der Waals surface area contributed by atoms with Crippen LogP contribution in [-0.2, 0) is 6.54 Å². The van der Waals surface area contributed by atoms with Crippen LogP contribution in [0, 0.1) is 0 Å². The number of hydrogen-bond acceptors (Lipinski definition) is 3. The van der Waals surface area contributed by atoms with E-state index in [2.05, 4.69) is 10.6 Å². The number of nitrogens with one attached hydrogen (secondary N) is 2. The Bertz CT molecular complexity index is 919. The Balaban J connectivity index is 1.53. The fraction of sp³-hybridized carbons (Fsp3) is 0.0952. The standard InChI is InChI=1S/C21H18N2O3/c24-18-10-5-11-19(25)17(18)12-22-21(26)23-20-15-8-3-1-6-13(15)14-7-2-4-9-16(14)20/h1-11,20,24-25H,12H2,(H2,22,23,26). The van der Waals surface area contributed by atoms with Crippen molar-refractivity contribution in [3.8, 4) is 22.6 Å². The molecule has 0 bridgehead atoms. The predicted molar refractivity (Wildman–Crippen MR) is 98.9 cm³/mol. The van der Waals surface area contributed by atoms with E-state index in [0.29, 0.717) is 0 Å². The first-order chi connectivity index (χ1) is 12.6. The van der Waals surface area contributed by atoms with Crippen LogP contribution in [0.1, 0.15) is 22.7 Å². The van der Waals surface area contributed by atoms with Gasteiger partial charge in [0.25, 0.3) is 0 Å². The van der Waals surface area contributed by atoms with Gasteiger partial charge in [-0.3, -0.25) is 0 Å². The summed E-state index contributed by atoms with van der Waals surface area (Å²) in [5.74, 6) is -0.108. The van der Waals surface area contributed by atoms with Gasteiger partial charge in [0.2, 0.25) is 0 Å². The van der Waals surface area contributed by atoms with Gasteiger partial charge in [-0.25, -0.2) is 4.79 Å². The van der Waals surface area contributed by atoms with Crippen LogP contribution in [-0.4, -0.2) is 16.2 Å². The Morgan fingerprint density at radius 2 is 1.35 bits per heavy atom. The maximum atomic E-state index is 12.4. The third kappa shape index (κ3) is 2.73. The molecule has 0 fully saturated rings. The summed E-state index contributed by atoms with van der Waals surface area (Å²) in [6, 6.07) is 19.9. The minimum absolute atomic E-state index is 0.0281. The largest absolute Gasteiger partial charge is 0.507 e. The van der Waals surface area contributed by atoms with Crippen molar-refractivity contribution in [2.24, 2.45) is 0 Å². The van der Waals surface area contributed by atoms with Gasteiger partial charge in [0.1, 0.15) is 11.5 Å². The summed E-state index contributed by atoms with van der Waals surface area (Å²) in [5, 5.41) is 25.3. The average molecular weight is 346 g/mol. The molecule has 1 aliphatic carbocycles. The van der Waals surface area contributed by atoms with Gasteiger partial charge < -0.3 is 20.8 Å². The van der Waals surface area contributed by atoms with Gasteiger partial charge in [0.15, 0.2) is 0 Å². The fourth-order valence-corrected chi connectivity index (χ4v) is 3.41. The lowest BCUT2D eigenvalue weighted by Crippen LogP contribution is -2.37. The Labute approximate surface area is 150 Å². The quantitative estimate of drug-likeness (QED) is 0.584. The predicted octanol–water partition coefficient (Wildman–Crippen LogP) is 3.67. The number of aromatic hydroxyl groups is 2. The van der Waals surface area contributed by atoms with Gasteiger partial charge in [0, 0.05) is 0 Å². The maximum Gasteiger partial charge on any atom is 0.315 e. The number of hydrogen-bond donors (Lipinski definition) is 4. The molecular weight excluding hydrogens is 328 g/mol. The van der Waals surface area contributed by atoms with Crippen molar-refractivity contribution in [3.63, 3.8) is 0 Å². The van der Waals surface area contributed by atoms with Gasteiger partial charge in [-0.2, -0.15) is 0 Å². The Hall–Kier alpha value is -3.47. The molecule has 0 spiro atoms. The van der Waals surface area contributed by atoms with Crippen molar-refractivity contribution < 1.29 is 15.0 Å². The lowest BCUT2D eigenvalue weighted by atomic mass is 10.1. The maximum absolute atomic E-state index is 12.4. The molecule has 0 saturated heterocycles. The second-order valence-corrected chi connectivity index (χ2v) is 6.21. The monoisotopic (exact) mass is 346 g/mol. The van der Waals surface area contributed by atoms with E-state index in [1.165, 1.54) is 12.1 Å². The number of urea groups is 1. The van der Waals surface area contributed by atoms with E-state index in [1.807, 2.05) is 48.5 Å². The molecular formula is C21H18N2O3. The third-order valence-electron chi connectivity index (χ3n) is 4.66. The van der Waals surface area contributed by atoms with E-state index in [0.717, 1.165) is 22.3 Å². The summed E-state index contributed by atoms with van der Waals surface area (Å²) in [4.78, 5) is 12.4. The Morgan fingerprint density at radius 3 is 1.92 bits per heavy atom. The zero-order valence-electron chi connectivity index (χ0n) is 13.9. The first-order valence-electron chi connectivity index (χ1n) is 8.37. The number of carbonyl (C=O) groups excluding carboxylic acids is 1. The molecule has 3 aromatic carbocycles. The number of fused-ring (bicyclic) bond motifs is 3. The number of amides is 2. The van der Waals surface area contributed by atoms with Crippen LogP contribution < -0.4 is 10.6 Å². The molecule has 5 heteroatoms.